The molecule has 5 nitrogen and oxygen atoms in total. The van der Waals surface area contributed by atoms with Gasteiger partial charge in [0.05, 0.1) is 6.54 Å². The van der Waals surface area contributed by atoms with Crippen LogP contribution in [0.2, 0.25) is 0 Å². The van der Waals surface area contributed by atoms with Crippen molar-refractivity contribution in [2.45, 2.75) is 52.0 Å². The molecule has 1 aliphatic rings. The lowest BCUT2D eigenvalue weighted by atomic mass is 9.89. The average molecular weight is 269 g/mol. The van der Waals surface area contributed by atoms with Gasteiger partial charge in [-0.05, 0) is 39.7 Å². The van der Waals surface area contributed by atoms with E-state index in [0.717, 1.165) is 6.54 Å². The SMILES string of the molecule is CC(C)NC(=O)NC(=O)CN(C)CC1CCCCC1. The highest BCUT2D eigenvalue weighted by atomic mass is 16.2. The molecule has 0 radical (unpaired) electrons. The minimum absolute atomic E-state index is 0.0350. The molecule has 0 aromatic carbocycles. The van der Waals surface area contributed by atoms with Crippen LogP contribution >= 0.6 is 0 Å². The van der Waals surface area contributed by atoms with Gasteiger partial charge >= 0.3 is 6.03 Å². The van der Waals surface area contributed by atoms with Gasteiger partial charge in [-0.3, -0.25) is 15.0 Å². The Balaban J connectivity index is 2.21. The van der Waals surface area contributed by atoms with Crippen LogP contribution in [0.15, 0.2) is 0 Å². The Labute approximate surface area is 116 Å². The lowest BCUT2D eigenvalue weighted by Crippen LogP contribution is -2.46. The van der Waals surface area contributed by atoms with Crippen LogP contribution < -0.4 is 10.6 Å². The van der Waals surface area contributed by atoms with E-state index in [1.54, 1.807) is 0 Å². The van der Waals surface area contributed by atoms with Crippen molar-refractivity contribution in [1.29, 1.82) is 0 Å². The lowest BCUT2D eigenvalue weighted by molar-refractivity contribution is -0.121. The number of likely N-dealkylation sites (N-methyl/N-ethyl adjacent to an activating group) is 1. The van der Waals surface area contributed by atoms with Gasteiger partial charge in [-0.2, -0.15) is 0 Å². The molecule has 0 atom stereocenters. The van der Waals surface area contributed by atoms with Gasteiger partial charge in [0.25, 0.3) is 0 Å². The summed E-state index contributed by atoms with van der Waals surface area (Å²) in [6, 6.07) is -0.376. The maximum atomic E-state index is 11.7. The molecule has 1 saturated carbocycles. The molecule has 2 N–H and O–H groups in total. The van der Waals surface area contributed by atoms with E-state index >= 15 is 0 Å². The number of nitrogens with one attached hydrogen (secondary N) is 2. The number of rotatable bonds is 5. The second-order valence-corrected chi connectivity index (χ2v) is 5.88. The molecule has 3 amide bonds. The number of imide groups is 1. The van der Waals surface area contributed by atoms with Crippen LogP contribution in [0.3, 0.4) is 0 Å². The predicted molar refractivity (Wildman–Crippen MR) is 75.9 cm³/mol. The molecule has 19 heavy (non-hydrogen) atoms. The minimum Gasteiger partial charge on any atom is -0.336 e. The number of hydrogen-bond donors (Lipinski definition) is 2. The van der Waals surface area contributed by atoms with Crippen molar-refractivity contribution in [2.24, 2.45) is 5.92 Å². The second kappa shape index (κ2) is 8.15. The van der Waals surface area contributed by atoms with Crippen LogP contribution in [0, 0.1) is 5.92 Å². The zero-order chi connectivity index (χ0) is 14.3. The highest BCUT2D eigenvalue weighted by Gasteiger charge is 2.17. The fourth-order valence-electron chi connectivity index (χ4n) is 2.58. The van der Waals surface area contributed by atoms with E-state index in [9.17, 15) is 9.59 Å². The molecule has 0 aromatic heterocycles. The lowest BCUT2D eigenvalue weighted by Gasteiger charge is -2.26. The third kappa shape index (κ3) is 7.15. The van der Waals surface area contributed by atoms with E-state index in [-0.39, 0.29) is 18.5 Å². The van der Waals surface area contributed by atoms with Gasteiger partial charge in [0.1, 0.15) is 0 Å². The van der Waals surface area contributed by atoms with Gasteiger partial charge in [0, 0.05) is 12.6 Å². The Kier molecular flexibility index (Phi) is 6.84. The highest BCUT2D eigenvalue weighted by Crippen LogP contribution is 2.23. The van der Waals surface area contributed by atoms with Gasteiger partial charge in [0.15, 0.2) is 0 Å². The van der Waals surface area contributed by atoms with Crippen molar-refractivity contribution >= 4 is 11.9 Å². The first kappa shape index (κ1) is 16.0. The molecular formula is C14H27N3O2. The van der Waals surface area contributed by atoms with Gasteiger partial charge in [-0.15, -0.1) is 0 Å². The third-order valence-corrected chi connectivity index (χ3v) is 3.38. The maximum absolute atomic E-state index is 11.7. The second-order valence-electron chi connectivity index (χ2n) is 5.88. The van der Waals surface area contributed by atoms with E-state index < -0.39 is 6.03 Å². The first-order valence-corrected chi connectivity index (χ1v) is 7.26. The smallest absolute Gasteiger partial charge is 0.321 e. The first-order valence-electron chi connectivity index (χ1n) is 7.26. The summed E-state index contributed by atoms with van der Waals surface area (Å²) in [5.74, 6) is 0.465. The topological polar surface area (TPSA) is 61.4 Å². The van der Waals surface area contributed by atoms with Gasteiger partial charge in [-0.1, -0.05) is 19.3 Å². The van der Waals surface area contributed by atoms with Gasteiger partial charge < -0.3 is 5.32 Å². The van der Waals surface area contributed by atoms with Crippen LogP contribution in [-0.4, -0.2) is 43.0 Å². The van der Waals surface area contributed by atoms with Gasteiger partial charge in [-0.25, -0.2) is 4.79 Å². The van der Waals surface area contributed by atoms with E-state index in [2.05, 4.69) is 10.6 Å². The highest BCUT2D eigenvalue weighted by molar-refractivity contribution is 5.95. The zero-order valence-corrected chi connectivity index (χ0v) is 12.4. The Morgan fingerprint density at radius 2 is 1.84 bits per heavy atom. The van der Waals surface area contributed by atoms with E-state index in [1.165, 1.54) is 32.1 Å². The molecule has 1 rings (SSSR count). The van der Waals surface area contributed by atoms with Crippen molar-refractivity contribution in [3.63, 3.8) is 0 Å². The molecule has 5 heteroatoms. The summed E-state index contributed by atoms with van der Waals surface area (Å²) in [6.45, 7) is 4.94. The molecule has 0 aliphatic heterocycles. The van der Waals surface area contributed by atoms with Crippen LogP contribution in [0.4, 0.5) is 4.79 Å². The number of nitrogens with zero attached hydrogens (tertiary/aromatic N) is 1. The summed E-state index contributed by atoms with van der Waals surface area (Å²) < 4.78 is 0. The average Bonchev–Trinajstić information content (AvgIpc) is 2.28. The van der Waals surface area contributed by atoms with Crippen molar-refractivity contribution in [1.82, 2.24) is 15.5 Å². The Morgan fingerprint density at radius 1 is 1.21 bits per heavy atom. The molecule has 110 valence electrons. The normalized spacial score (nSPS) is 16.7. The van der Waals surface area contributed by atoms with Crippen LogP contribution in [-0.2, 0) is 4.79 Å². The van der Waals surface area contributed by atoms with Crippen LogP contribution in [0.25, 0.3) is 0 Å². The Hall–Kier alpha value is -1.10. The Morgan fingerprint density at radius 3 is 2.42 bits per heavy atom. The predicted octanol–water partition coefficient (Wildman–Crippen LogP) is 1.73. The number of amides is 3. The minimum atomic E-state index is -0.411. The first-order chi connectivity index (χ1) is 8.97. The molecule has 0 saturated heterocycles. The fraction of sp³-hybridized carbons (Fsp3) is 0.857. The molecular weight excluding hydrogens is 242 g/mol. The molecule has 0 spiro atoms. The Bertz CT molecular complexity index is 299. The number of carbonyl (C=O) groups is 2. The summed E-state index contributed by atoms with van der Waals surface area (Å²) in [7, 11) is 1.94. The van der Waals surface area contributed by atoms with Crippen molar-refractivity contribution in [2.75, 3.05) is 20.1 Å². The van der Waals surface area contributed by atoms with E-state index in [0.29, 0.717) is 5.92 Å². The number of hydrogen-bond acceptors (Lipinski definition) is 3. The van der Waals surface area contributed by atoms with E-state index in [4.69, 9.17) is 0 Å². The molecule has 1 fully saturated rings. The van der Waals surface area contributed by atoms with E-state index in [1.807, 2.05) is 25.8 Å². The summed E-state index contributed by atoms with van der Waals surface area (Å²) >= 11 is 0. The monoisotopic (exact) mass is 269 g/mol. The standard InChI is InChI=1S/C14H27N3O2/c1-11(2)15-14(19)16-13(18)10-17(3)9-12-7-5-4-6-8-12/h11-12H,4-10H2,1-3H3,(H2,15,16,18,19). The number of carbonyl (C=O) groups excluding carboxylic acids is 2. The van der Waals surface area contributed by atoms with Gasteiger partial charge in [0.2, 0.25) is 5.91 Å². The third-order valence-electron chi connectivity index (χ3n) is 3.38. The quantitative estimate of drug-likeness (QED) is 0.799. The molecule has 1 aliphatic carbocycles. The summed E-state index contributed by atoms with van der Waals surface area (Å²) in [4.78, 5) is 25.1. The van der Waals surface area contributed by atoms with Crippen LogP contribution in [0.5, 0.6) is 0 Å². The van der Waals surface area contributed by atoms with Crippen molar-refractivity contribution in [3.8, 4) is 0 Å². The maximum Gasteiger partial charge on any atom is 0.321 e. The van der Waals surface area contributed by atoms with Crippen molar-refractivity contribution < 1.29 is 9.59 Å². The summed E-state index contributed by atoms with van der Waals surface area (Å²) in [5.41, 5.74) is 0. The largest absolute Gasteiger partial charge is 0.336 e. The molecule has 0 unspecified atom stereocenters. The number of urea groups is 1. The van der Waals surface area contributed by atoms with Crippen LogP contribution in [0.1, 0.15) is 46.0 Å². The molecule has 0 aromatic rings. The fourth-order valence-corrected chi connectivity index (χ4v) is 2.58. The molecule has 0 heterocycles. The van der Waals surface area contributed by atoms with Crippen molar-refractivity contribution in [3.05, 3.63) is 0 Å². The summed E-state index contributed by atoms with van der Waals surface area (Å²) in [5, 5.41) is 4.99. The zero-order valence-electron chi connectivity index (χ0n) is 12.4. The molecule has 0 bridgehead atoms. The summed E-state index contributed by atoms with van der Waals surface area (Å²) in [6.07, 6.45) is 6.48.